The molecule has 28 heavy (non-hydrogen) atoms. The zero-order chi connectivity index (χ0) is 20.1. The van der Waals surface area contributed by atoms with Crippen LogP contribution in [0.3, 0.4) is 0 Å². The van der Waals surface area contributed by atoms with Gasteiger partial charge in [0.1, 0.15) is 5.82 Å². The maximum absolute atomic E-state index is 13.8. The molecule has 0 aliphatic carbocycles. The minimum absolute atomic E-state index is 0.0412. The quantitative estimate of drug-likeness (QED) is 0.610. The van der Waals surface area contributed by atoms with Crippen molar-refractivity contribution in [2.24, 2.45) is 0 Å². The summed E-state index contributed by atoms with van der Waals surface area (Å²) >= 11 is 0. The highest BCUT2D eigenvalue weighted by molar-refractivity contribution is 5.89. The number of aromatic nitrogens is 1. The fourth-order valence-corrected chi connectivity index (χ4v) is 2.97. The van der Waals surface area contributed by atoms with Crippen molar-refractivity contribution in [2.45, 2.75) is 19.9 Å². The Morgan fingerprint density at radius 2 is 2.00 bits per heavy atom. The lowest BCUT2D eigenvalue weighted by molar-refractivity contribution is 0.199. The number of fused-ring (bicyclic) bond motifs is 1. The van der Waals surface area contributed by atoms with Gasteiger partial charge in [-0.2, -0.15) is 0 Å². The van der Waals surface area contributed by atoms with Crippen LogP contribution in [0.15, 0.2) is 53.3 Å². The van der Waals surface area contributed by atoms with Gasteiger partial charge in [-0.05, 0) is 49.1 Å². The third kappa shape index (κ3) is 4.55. The van der Waals surface area contributed by atoms with Gasteiger partial charge >= 0.3 is 6.03 Å². The number of aryl methyl sites for hydroxylation is 1. The van der Waals surface area contributed by atoms with Crippen LogP contribution in [0, 0.1) is 12.7 Å². The first-order valence-electron chi connectivity index (χ1n) is 9.02. The van der Waals surface area contributed by atoms with Crippen molar-refractivity contribution in [2.75, 3.05) is 18.5 Å². The third-order valence-electron chi connectivity index (χ3n) is 4.43. The summed E-state index contributed by atoms with van der Waals surface area (Å²) in [7, 11) is 0. The average Bonchev–Trinajstić information content (AvgIpc) is 2.67. The van der Waals surface area contributed by atoms with Crippen LogP contribution in [0.1, 0.15) is 17.5 Å². The molecule has 3 N–H and O–H groups in total. The average molecular weight is 383 g/mol. The molecule has 0 aliphatic rings. The highest BCUT2D eigenvalue weighted by atomic mass is 19.1. The lowest BCUT2D eigenvalue weighted by Gasteiger charge is -2.23. The third-order valence-corrected chi connectivity index (χ3v) is 4.43. The van der Waals surface area contributed by atoms with Crippen LogP contribution >= 0.6 is 0 Å². The number of anilines is 1. The number of aliphatic hydroxyl groups excluding tert-OH is 1. The van der Waals surface area contributed by atoms with Gasteiger partial charge in [-0.1, -0.05) is 23.8 Å². The maximum Gasteiger partial charge on any atom is 0.322 e. The number of nitrogens with one attached hydrogen (secondary N) is 2. The highest BCUT2D eigenvalue weighted by Crippen LogP contribution is 2.16. The molecule has 3 rings (SSSR count). The fraction of sp³-hybridized carbons (Fsp3) is 0.238. The van der Waals surface area contributed by atoms with Crippen LogP contribution in [0.4, 0.5) is 14.9 Å². The number of hydrogen-bond donors (Lipinski definition) is 3. The number of carbonyl (C=O) groups is 1. The number of rotatable bonds is 6. The second-order valence-corrected chi connectivity index (χ2v) is 6.62. The molecule has 0 saturated carbocycles. The Bertz CT molecular complexity index is 1050. The number of carbonyl (C=O) groups excluding carboxylic acids is 1. The molecule has 2 aromatic carbocycles. The molecule has 2 amide bonds. The summed E-state index contributed by atoms with van der Waals surface area (Å²) in [6, 6.07) is 12.8. The minimum Gasteiger partial charge on any atom is -0.396 e. The van der Waals surface area contributed by atoms with Crippen molar-refractivity contribution in [1.82, 2.24) is 9.88 Å². The second kappa shape index (κ2) is 8.67. The van der Waals surface area contributed by atoms with E-state index in [0.29, 0.717) is 12.0 Å². The summed E-state index contributed by atoms with van der Waals surface area (Å²) in [4.78, 5) is 29.3. The fourth-order valence-electron chi connectivity index (χ4n) is 2.97. The number of amides is 2. The summed E-state index contributed by atoms with van der Waals surface area (Å²) in [6.45, 7) is 2.12. The molecule has 1 aromatic heterocycles. The maximum atomic E-state index is 13.8. The summed E-state index contributed by atoms with van der Waals surface area (Å²) in [6.07, 6.45) is 0.343. The van der Waals surface area contributed by atoms with Crippen molar-refractivity contribution < 1.29 is 14.3 Å². The summed E-state index contributed by atoms with van der Waals surface area (Å²) in [5.41, 5.74) is 1.96. The summed E-state index contributed by atoms with van der Waals surface area (Å²) < 4.78 is 13.8. The lowest BCUT2D eigenvalue weighted by Crippen LogP contribution is -2.37. The Hall–Kier alpha value is -3.19. The van der Waals surface area contributed by atoms with Crippen LogP contribution in [-0.2, 0) is 6.54 Å². The standard InChI is InChI=1S/C21H22FN3O3/c1-14-7-8-18-15(11-14)12-16(20(27)23-18)13-25(9-4-10-26)21(28)24-19-6-3-2-5-17(19)22/h2-3,5-8,11-12,26H,4,9-10,13H2,1H3,(H,23,27)(H,24,28). The van der Waals surface area contributed by atoms with E-state index >= 15 is 0 Å². The molecule has 1 heterocycles. The van der Waals surface area contributed by atoms with Gasteiger partial charge in [-0.15, -0.1) is 0 Å². The molecule has 0 atom stereocenters. The Kier molecular flexibility index (Phi) is 6.06. The molecule has 7 heteroatoms. The summed E-state index contributed by atoms with van der Waals surface area (Å²) in [5.74, 6) is -0.544. The number of aliphatic hydroxyl groups is 1. The predicted octanol–water partition coefficient (Wildman–Crippen LogP) is 3.39. The number of aromatic amines is 1. The highest BCUT2D eigenvalue weighted by Gasteiger charge is 2.17. The molecule has 6 nitrogen and oxygen atoms in total. The number of nitrogens with zero attached hydrogens (tertiary/aromatic N) is 1. The summed E-state index contributed by atoms with van der Waals surface area (Å²) in [5, 5.41) is 12.5. The van der Waals surface area contributed by atoms with Crippen molar-refractivity contribution >= 4 is 22.6 Å². The van der Waals surface area contributed by atoms with Gasteiger partial charge in [0.15, 0.2) is 0 Å². The number of urea groups is 1. The van der Waals surface area contributed by atoms with E-state index in [1.165, 1.54) is 23.1 Å². The van der Waals surface area contributed by atoms with Crippen molar-refractivity contribution in [3.63, 3.8) is 0 Å². The number of hydrogen-bond acceptors (Lipinski definition) is 3. The van der Waals surface area contributed by atoms with Crippen LogP contribution in [0.25, 0.3) is 10.9 Å². The van der Waals surface area contributed by atoms with Crippen LogP contribution in [-0.4, -0.2) is 34.2 Å². The Balaban J connectivity index is 1.87. The Labute approximate surface area is 161 Å². The van der Waals surface area contributed by atoms with Crippen molar-refractivity contribution in [3.05, 3.63) is 75.8 Å². The number of benzene rings is 2. The van der Waals surface area contributed by atoms with E-state index in [2.05, 4.69) is 10.3 Å². The van der Waals surface area contributed by atoms with E-state index in [4.69, 9.17) is 5.11 Å². The number of para-hydroxylation sites is 1. The molecule has 0 aliphatic heterocycles. The Morgan fingerprint density at radius 1 is 1.21 bits per heavy atom. The molecular weight excluding hydrogens is 361 g/mol. The normalized spacial score (nSPS) is 10.8. The van der Waals surface area contributed by atoms with Gasteiger partial charge in [-0.3, -0.25) is 4.79 Å². The molecule has 0 radical (unpaired) electrons. The van der Waals surface area contributed by atoms with Crippen LogP contribution in [0.2, 0.25) is 0 Å². The molecule has 0 saturated heterocycles. The Morgan fingerprint density at radius 3 is 2.75 bits per heavy atom. The zero-order valence-corrected chi connectivity index (χ0v) is 15.5. The van der Waals surface area contributed by atoms with Crippen LogP contribution < -0.4 is 10.9 Å². The number of H-pyrrole nitrogens is 1. The SMILES string of the molecule is Cc1ccc2[nH]c(=O)c(CN(CCCO)C(=O)Nc3ccccc3F)cc2c1. The van der Waals surface area contributed by atoms with Gasteiger partial charge in [-0.25, -0.2) is 9.18 Å². The second-order valence-electron chi connectivity index (χ2n) is 6.62. The van der Waals surface area contributed by atoms with Crippen LogP contribution in [0.5, 0.6) is 0 Å². The number of pyridine rings is 1. The molecule has 146 valence electrons. The van der Waals surface area contributed by atoms with E-state index < -0.39 is 11.8 Å². The number of halogens is 1. The molecule has 0 unspecified atom stereocenters. The minimum atomic E-state index is -0.544. The van der Waals surface area contributed by atoms with E-state index in [-0.39, 0.29) is 30.9 Å². The van der Waals surface area contributed by atoms with Gasteiger partial charge < -0.3 is 20.3 Å². The predicted molar refractivity (Wildman–Crippen MR) is 107 cm³/mol. The van der Waals surface area contributed by atoms with Gasteiger partial charge in [0.2, 0.25) is 0 Å². The first-order chi connectivity index (χ1) is 13.5. The molecular formula is C21H22FN3O3. The first kappa shape index (κ1) is 19.6. The molecule has 0 fully saturated rings. The van der Waals surface area contributed by atoms with Crippen molar-refractivity contribution in [1.29, 1.82) is 0 Å². The van der Waals surface area contributed by atoms with Gasteiger partial charge in [0.05, 0.1) is 12.2 Å². The van der Waals surface area contributed by atoms with E-state index in [9.17, 15) is 14.0 Å². The van der Waals surface area contributed by atoms with Crippen molar-refractivity contribution in [3.8, 4) is 0 Å². The van der Waals surface area contributed by atoms with Gasteiger partial charge in [0.25, 0.3) is 5.56 Å². The van der Waals surface area contributed by atoms with E-state index in [1.54, 1.807) is 12.1 Å². The molecule has 0 bridgehead atoms. The molecule has 3 aromatic rings. The topological polar surface area (TPSA) is 85.4 Å². The monoisotopic (exact) mass is 383 g/mol. The van der Waals surface area contributed by atoms with E-state index in [1.807, 2.05) is 25.1 Å². The largest absolute Gasteiger partial charge is 0.396 e. The molecule has 0 spiro atoms. The van der Waals surface area contributed by atoms with Gasteiger partial charge in [0, 0.05) is 24.2 Å². The first-order valence-corrected chi connectivity index (χ1v) is 9.02. The smallest absolute Gasteiger partial charge is 0.322 e. The zero-order valence-electron chi connectivity index (χ0n) is 15.5. The van der Waals surface area contributed by atoms with E-state index in [0.717, 1.165) is 16.5 Å². The lowest BCUT2D eigenvalue weighted by atomic mass is 10.1.